The highest BCUT2D eigenvalue weighted by atomic mass is 19.2. The second-order valence-corrected chi connectivity index (χ2v) is 4.30. The molecule has 0 aliphatic carbocycles. The van der Waals surface area contributed by atoms with Crippen LogP contribution in [-0.2, 0) is 9.53 Å². The Morgan fingerprint density at radius 2 is 2.00 bits per heavy atom. The van der Waals surface area contributed by atoms with E-state index in [2.05, 4.69) is 5.32 Å². The van der Waals surface area contributed by atoms with Crippen molar-refractivity contribution < 1.29 is 18.3 Å². The lowest BCUT2D eigenvalue weighted by Crippen LogP contribution is -2.41. The maximum absolute atomic E-state index is 13.0. The minimum absolute atomic E-state index is 0.0402. The highest BCUT2D eigenvalue weighted by Crippen LogP contribution is 2.13. The van der Waals surface area contributed by atoms with Gasteiger partial charge >= 0.3 is 0 Å². The van der Waals surface area contributed by atoms with Crippen molar-refractivity contribution in [1.29, 1.82) is 0 Å². The van der Waals surface area contributed by atoms with Gasteiger partial charge in [-0.15, -0.1) is 0 Å². The molecule has 1 heterocycles. The Kier molecular flexibility index (Phi) is 4.68. The summed E-state index contributed by atoms with van der Waals surface area (Å²) < 4.78 is 30.8. The molecule has 1 aliphatic heterocycles. The lowest BCUT2D eigenvalue weighted by molar-refractivity contribution is -0.134. The van der Waals surface area contributed by atoms with E-state index < -0.39 is 11.6 Å². The Hall–Kier alpha value is -1.69. The van der Waals surface area contributed by atoms with Crippen LogP contribution in [-0.4, -0.2) is 43.7 Å². The Balaban J connectivity index is 1.76. The van der Waals surface area contributed by atoms with Gasteiger partial charge in [0.25, 0.3) is 0 Å². The lowest BCUT2D eigenvalue weighted by atomic mass is 10.2. The molecular weight excluding hydrogens is 254 g/mol. The number of carbonyl (C=O) groups excluding carboxylic acids is 1. The number of nitrogens with one attached hydrogen (secondary N) is 1. The van der Waals surface area contributed by atoms with Crippen molar-refractivity contribution in [2.24, 2.45) is 0 Å². The first-order valence-corrected chi connectivity index (χ1v) is 6.21. The average Bonchev–Trinajstić information content (AvgIpc) is 2.43. The Bertz CT molecular complexity index is 448. The van der Waals surface area contributed by atoms with E-state index in [-0.39, 0.29) is 5.91 Å². The predicted octanol–water partition coefficient (Wildman–Crippen LogP) is 1.63. The molecule has 0 atom stereocenters. The van der Waals surface area contributed by atoms with Gasteiger partial charge in [-0.05, 0) is 18.2 Å². The molecule has 1 aromatic rings. The molecule has 104 valence electrons. The smallest absolute Gasteiger partial charge is 0.224 e. The number of morpholine rings is 1. The van der Waals surface area contributed by atoms with Crippen LogP contribution in [0.15, 0.2) is 18.2 Å². The molecule has 0 saturated carbocycles. The summed E-state index contributed by atoms with van der Waals surface area (Å²) in [6, 6.07) is 3.58. The summed E-state index contributed by atoms with van der Waals surface area (Å²) in [5, 5.41) is 2.90. The number of rotatable bonds is 4. The molecule has 19 heavy (non-hydrogen) atoms. The summed E-state index contributed by atoms with van der Waals surface area (Å²) in [5.41, 5.74) is 0.466. The zero-order valence-electron chi connectivity index (χ0n) is 10.5. The zero-order chi connectivity index (χ0) is 13.7. The number of ether oxygens (including phenoxy) is 1. The number of anilines is 1. The molecule has 1 aromatic carbocycles. The average molecular weight is 270 g/mol. The second kappa shape index (κ2) is 6.47. The summed E-state index contributed by atoms with van der Waals surface area (Å²) in [5.74, 6) is -1.74. The van der Waals surface area contributed by atoms with E-state index in [1.165, 1.54) is 6.07 Å². The third kappa shape index (κ3) is 3.89. The highest BCUT2D eigenvalue weighted by Gasteiger charge is 2.15. The van der Waals surface area contributed by atoms with Gasteiger partial charge in [0, 0.05) is 31.7 Å². The largest absolute Gasteiger partial charge is 0.384 e. The van der Waals surface area contributed by atoms with Crippen LogP contribution in [0.2, 0.25) is 0 Å². The van der Waals surface area contributed by atoms with Crippen LogP contribution >= 0.6 is 0 Å². The molecule has 0 aromatic heterocycles. The minimum atomic E-state index is -0.899. The Morgan fingerprint density at radius 1 is 1.26 bits per heavy atom. The molecular formula is C13H16F2N2O2. The van der Waals surface area contributed by atoms with Gasteiger partial charge in [0.15, 0.2) is 11.6 Å². The normalized spacial score (nSPS) is 15.4. The van der Waals surface area contributed by atoms with Crippen LogP contribution in [0.3, 0.4) is 0 Å². The number of amides is 1. The molecule has 0 bridgehead atoms. The standard InChI is InChI=1S/C13H16F2N2O2/c14-11-2-1-10(9-12(11)15)16-4-3-13(18)17-5-7-19-8-6-17/h1-2,9,16H,3-8H2. The lowest BCUT2D eigenvalue weighted by Gasteiger charge is -2.26. The molecule has 1 aliphatic rings. The van der Waals surface area contributed by atoms with Crippen LogP contribution < -0.4 is 5.32 Å². The van der Waals surface area contributed by atoms with Crippen LogP contribution in [0.25, 0.3) is 0 Å². The first-order chi connectivity index (χ1) is 9.16. The Labute approximate surface area is 110 Å². The molecule has 1 amide bonds. The number of carbonyl (C=O) groups is 1. The third-order valence-corrected chi connectivity index (χ3v) is 2.95. The van der Waals surface area contributed by atoms with Crippen molar-refractivity contribution in [3.8, 4) is 0 Å². The number of benzene rings is 1. The molecule has 2 rings (SSSR count). The van der Waals surface area contributed by atoms with Gasteiger partial charge in [0.05, 0.1) is 13.2 Å². The summed E-state index contributed by atoms with van der Waals surface area (Å²) in [6.45, 7) is 2.76. The third-order valence-electron chi connectivity index (χ3n) is 2.95. The van der Waals surface area contributed by atoms with E-state index in [1.54, 1.807) is 4.90 Å². The number of halogens is 2. The molecule has 0 spiro atoms. The molecule has 1 N–H and O–H groups in total. The SMILES string of the molecule is O=C(CCNc1ccc(F)c(F)c1)N1CCOCC1. The van der Waals surface area contributed by atoms with Gasteiger partial charge in [0.2, 0.25) is 5.91 Å². The van der Waals surface area contributed by atoms with Gasteiger partial charge in [-0.1, -0.05) is 0 Å². The maximum atomic E-state index is 13.0. The fraction of sp³-hybridized carbons (Fsp3) is 0.462. The summed E-state index contributed by atoms with van der Waals surface area (Å²) in [7, 11) is 0. The van der Waals surface area contributed by atoms with Crippen molar-refractivity contribution in [1.82, 2.24) is 4.90 Å². The monoisotopic (exact) mass is 270 g/mol. The van der Waals surface area contributed by atoms with E-state index in [0.29, 0.717) is 45.0 Å². The van der Waals surface area contributed by atoms with E-state index in [9.17, 15) is 13.6 Å². The first-order valence-electron chi connectivity index (χ1n) is 6.21. The zero-order valence-corrected chi connectivity index (χ0v) is 10.5. The molecule has 1 fully saturated rings. The van der Waals surface area contributed by atoms with Gasteiger partial charge in [-0.2, -0.15) is 0 Å². The number of hydrogen-bond donors (Lipinski definition) is 1. The molecule has 0 unspecified atom stereocenters. The van der Waals surface area contributed by atoms with E-state index in [0.717, 1.165) is 12.1 Å². The molecule has 4 nitrogen and oxygen atoms in total. The van der Waals surface area contributed by atoms with Gasteiger partial charge in [-0.25, -0.2) is 8.78 Å². The van der Waals surface area contributed by atoms with Crippen LogP contribution in [0.5, 0.6) is 0 Å². The van der Waals surface area contributed by atoms with Crippen LogP contribution in [0.4, 0.5) is 14.5 Å². The van der Waals surface area contributed by atoms with Crippen molar-refractivity contribution >= 4 is 11.6 Å². The van der Waals surface area contributed by atoms with Gasteiger partial charge in [0.1, 0.15) is 0 Å². The number of nitrogens with zero attached hydrogens (tertiary/aromatic N) is 1. The van der Waals surface area contributed by atoms with Crippen molar-refractivity contribution in [2.45, 2.75) is 6.42 Å². The molecule has 6 heteroatoms. The first kappa shape index (κ1) is 13.7. The van der Waals surface area contributed by atoms with Gasteiger partial charge in [-0.3, -0.25) is 4.79 Å². The number of hydrogen-bond acceptors (Lipinski definition) is 3. The van der Waals surface area contributed by atoms with Crippen LogP contribution in [0.1, 0.15) is 6.42 Å². The van der Waals surface area contributed by atoms with Crippen molar-refractivity contribution in [3.63, 3.8) is 0 Å². The van der Waals surface area contributed by atoms with Gasteiger partial charge < -0.3 is 15.0 Å². The molecule has 1 saturated heterocycles. The van der Waals surface area contributed by atoms with Crippen molar-refractivity contribution in [2.75, 3.05) is 38.2 Å². The summed E-state index contributed by atoms with van der Waals surface area (Å²) >= 11 is 0. The minimum Gasteiger partial charge on any atom is -0.384 e. The van der Waals surface area contributed by atoms with E-state index in [4.69, 9.17) is 4.74 Å². The second-order valence-electron chi connectivity index (χ2n) is 4.30. The van der Waals surface area contributed by atoms with E-state index >= 15 is 0 Å². The maximum Gasteiger partial charge on any atom is 0.224 e. The summed E-state index contributed by atoms with van der Waals surface area (Å²) in [6.07, 6.45) is 0.318. The Morgan fingerprint density at radius 3 is 2.68 bits per heavy atom. The summed E-state index contributed by atoms with van der Waals surface area (Å²) in [4.78, 5) is 13.6. The fourth-order valence-corrected chi connectivity index (χ4v) is 1.89. The van der Waals surface area contributed by atoms with Crippen molar-refractivity contribution in [3.05, 3.63) is 29.8 Å². The topological polar surface area (TPSA) is 41.6 Å². The molecule has 0 radical (unpaired) electrons. The fourth-order valence-electron chi connectivity index (χ4n) is 1.89. The predicted molar refractivity (Wildman–Crippen MR) is 66.9 cm³/mol. The quantitative estimate of drug-likeness (QED) is 0.904. The van der Waals surface area contributed by atoms with E-state index in [1.807, 2.05) is 0 Å². The highest BCUT2D eigenvalue weighted by molar-refractivity contribution is 5.76. The van der Waals surface area contributed by atoms with Crippen LogP contribution in [0, 0.1) is 11.6 Å².